The average molecular weight is 466 g/mol. The minimum absolute atomic E-state index is 0.0834. The smallest absolute Gasteiger partial charge is 0.387 e. The molecule has 0 atom stereocenters. The highest BCUT2D eigenvalue weighted by Gasteiger charge is 2.17. The van der Waals surface area contributed by atoms with Crippen LogP contribution in [0.25, 0.3) is 11.3 Å². The van der Waals surface area contributed by atoms with Crippen molar-refractivity contribution in [3.05, 3.63) is 64.3 Å². The number of H-pyrrole nitrogens is 1. The Morgan fingerprint density at radius 1 is 1.17 bits per heavy atom. The van der Waals surface area contributed by atoms with Gasteiger partial charge in [-0.15, -0.1) is 0 Å². The molecule has 3 aromatic rings. The molecule has 9 heteroatoms. The van der Waals surface area contributed by atoms with Crippen molar-refractivity contribution in [1.82, 2.24) is 15.1 Å². The number of amides is 1. The summed E-state index contributed by atoms with van der Waals surface area (Å²) in [5.74, 6) is -0.177. The van der Waals surface area contributed by atoms with Crippen molar-refractivity contribution in [2.75, 3.05) is 14.2 Å². The summed E-state index contributed by atoms with van der Waals surface area (Å²) < 4.78 is 35.6. The van der Waals surface area contributed by atoms with E-state index in [0.29, 0.717) is 17.0 Å². The number of carbonyl (C=O) groups is 1. The van der Waals surface area contributed by atoms with Gasteiger partial charge in [-0.25, -0.2) is 0 Å². The van der Waals surface area contributed by atoms with Gasteiger partial charge in [-0.1, -0.05) is 34.1 Å². The van der Waals surface area contributed by atoms with Crippen LogP contribution in [0.15, 0.2) is 53.0 Å². The molecule has 1 heterocycles. The zero-order chi connectivity index (χ0) is 21.0. The molecule has 29 heavy (non-hydrogen) atoms. The zero-order valence-electron chi connectivity index (χ0n) is 15.7. The molecular weight excluding hydrogens is 448 g/mol. The van der Waals surface area contributed by atoms with Crippen LogP contribution in [0.3, 0.4) is 0 Å². The molecule has 2 aromatic carbocycles. The zero-order valence-corrected chi connectivity index (χ0v) is 17.2. The number of rotatable bonds is 7. The molecule has 0 saturated heterocycles. The third kappa shape index (κ3) is 5.11. The van der Waals surface area contributed by atoms with Gasteiger partial charge in [-0.3, -0.25) is 9.89 Å². The number of aromatic amines is 1. The lowest BCUT2D eigenvalue weighted by Crippen LogP contribution is -2.26. The number of hydrogen-bond acceptors (Lipinski definition) is 4. The van der Waals surface area contributed by atoms with Gasteiger partial charge in [0.2, 0.25) is 0 Å². The molecule has 0 aliphatic carbocycles. The molecule has 6 nitrogen and oxygen atoms in total. The van der Waals surface area contributed by atoms with Crippen molar-refractivity contribution >= 4 is 21.8 Å². The molecule has 0 aliphatic heterocycles. The maximum Gasteiger partial charge on any atom is 0.387 e. The summed E-state index contributed by atoms with van der Waals surface area (Å²) in [5, 5.41) is 6.93. The summed E-state index contributed by atoms with van der Waals surface area (Å²) >= 11 is 3.38. The van der Waals surface area contributed by atoms with E-state index in [0.717, 1.165) is 10.0 Å². The van der Waals surface area contributed by atoms with E-state index in [1.165, 1.54) is 24.1 Å². The van der Waals surface area contributed by atoms with Gasteiger partial charge in [0.15, 0.2) is 11.5 Å². The number of carbonyl (C=O) groups excluding carboxylic acids is 1. The number of ether oxygens (including phenoxy) is 2. The van der Waals surface area contributed by atoms with Crippen LogP contribution < -0.4 is 9.47 Å². The van der Waals surface area contributed by atoms with Gasteiger partial charge in [-0.05, 0) is 35.9 Å². The molecule has 3 rings (SSSR count). The molecule has 152 valence electrons. The Bertz CT molecular complexity index is 993. The summed E-state index contributed by atoms with van der Waals surface area (Å²) in [7, 11) is 2.98. The molecule has 1 N–H and O–H groups in total. The number of methoxy groups -OCH3 is 1. The lowest BCUT2D eigenvalue weighted by atomic mass is 10.1. The fourth-order valence-electron chi connectivity index (χ4n) is 2.76. The van der Waals surface area contributed by atoms with Crippen LogP contribution in [0.5, 0.6) is 11.5 Å². The Morgan fingerprint density at radius 2 is 1.90 bits per heavy atom. The Hall–Kier alpha value is -2.94. The van der Waals surface area contributed by atoms with E-state index in [-0.39, 0.29) is 24.0 Å². The third-order valence-corrected chi connectivity index (χ3v) is 4.69. The largest absolute Gasteiger partial charge is 0.493 e. The Balaban J connectivity index is 1.73. The third-order valence-electron chi connectivity index (χ3n) is 4.16. The minimum atomic E-state index is -2.97. The highest BCUT2D eigenvalue weighted by atomic mass is 79.9. The van der Waals surface area contributed by atoms with Crippen molar-refractivity contribution < 1.29 is 23.0 Å². The molecule has 1 aromatic heterocycles. The quantitative estimate of drug-likeness (QED) is 0.547. The average Bonchev–Trinajstić information content (AvgIpc) is 3.18. The van der Waals surface area contributed by atoms with E-state index in [4.69, 9.17) is 4.74 Å². The number of aromatic nitrogens is 2. The predicted octanol–water partition coefficient (Wildman–Crippen LogP) is 4.72. The van der Waals surface area contributed by atoms with Gasteiger partial charge in [-0.2, -0.15) is 13.9 Å². The maximum atomic E-state index is 12.7. The molecule has 0 aliphatic rings. The SMILES string of the molecule is COc1ccc(CN(C)C(=O)c2cc(-c3ccc(Br)cc3)n[nH]2)cc1OC(F)F. The second kappa shape index (κ2) is 9.04. The lowest BCUT2D eigenvalue weighted by molar-refractivity contribution is -0.0512. The Kier molecular flexibility index (Phi) is 6.48. The normalized spacial score (nSPS) is 10.8. The molecule has 0 bridgehead atoms. The summed E-state index contributed by atoms with van der Waals surface area (Å²) in [6.07, 6.45) is 0. The Labute approximate surface area is 174 Å². The maximum absolute atomic E-state index is 12.7. The summed E-state index contributed by atoms with van der Waals surface area (Å²) in [6, 6.07) is 13.9. The van der Waals surface area contributed by atoms with E-state index in [2.05, 4.69) is 30.9 Å². The summed E-state index contributed by atoms with van der Waals surface area (Å²) in [6.45, 7) is -2.78. The van der Waals surface area contributed by atoms with Gasteiger partial charge in [0.05, 0.1) is 12.8 Å². The molecule has 0 radical (unpaired) electrons. The van der Waals surface area contributed by atoms with Crippen LogP contribution in [-0.2, 0) is 6.54 Å². The van der Waals surface area contributed by atoms with Gasteiger partial charge in [0.1, 0.15) is 5.69 Å². The second-order valence-corrected chi connectivity index (χ2v) is 7.11. The first-order valence-electron chi connectivity index (χ1n) is 8.56. The monoisotopic (exact) mass is 465 g/mol. The topological polar surface area (TPSA) is 67.5 Å². The highest BCUT2D eigenvalue weighted by Crippen LogP contribution is 2.30. The molecule has 0 saturated carbocycles. The van der Waals surface area contributed by atoms with Crippen LogP contribution in [-0.4, -0.2) is 41.8 Å². The fraction of sp³-hybridized carbons (Fsp3) is 0.200. The number of nitrogens with zero attached hydrogens (tertiary/aromatic N) is 2. The van der Waals surface area contributed by atoms with Gasteiger partial charge in [0.25, 0.3) is 5.91 Å². The Morgan fingerprint density at radius 3 is 2.55 bits per heavy atom. The number of hydrogen-bond donors (Lipinski definition) is 1. The van der Waals surface area contributed by atoms with Crippen molar-refractivity contribution in [2.45, 2.75) is 13.2 Å². The standard InChI is InChI=1S/C20H18BrF2N3O3/c1-26(11-12-3-8-17(28-2)18(9-12)29-20(22)23)19(27)16-10-15(24-25-16)13-4-6-14(21)7-5-13/h3-10,20H,11H2,1-2H3,(H,24,25). The van der Waals surface area contributed by atoms with E-state index in [1.54, 1.807) is 19.2 Å². The minimum Gasteiger partial charge on any atom is -0.493 e. The van der Waals surface area contributed by atoms with E-state index < -0.39 is 6.61 Å². The van der Waals surface area contributed by atoms with E-state index in [1.807, 2.05) is 24.3 Å². The molecule has 0 unspecified atom stereocenters. The summed E-state index contributed by atoms with van der Waals surface area (Å²) in [4.78, 5) is 14.2. The first-order valence-corrected chi connectivity index (χ1v) is 9.35. The number of halogens is 3. The van der Waals surface area contributed by atoms with Crippen molar-refractivity contribution in [3.63, 3.8) is 0 Å². The first-order chi connectivity index (χ1) is 13.9. The van der Waals surface area contributed by atoms with E-state index >= 15 is 0 Å². The number of nitrogens with one attached hydrogen (secondary N) is 1. The van der Waals surface area contributed by atoms with Crippen LogP contribution in [0, 0.1) is 0 Å². The molecule has 1 amide bonds. The number of alkyl halides is 2. The van der Waals surface area contributed by atoms with Crippen LogP contribution in [0.2, 0.25) is 0 Å². The van der Waals surface area contributed by atoms with Gasteiger partial charge >= 0.3 is 6.61 Å². The first kappa shape index (κ1) is 20.8. The molecule has 0 fully saturated rings. The lowest BCUT2D eigenvalue weighted by Gasteiger charge is -2.17. The number of benzene rings is 2. The van der Waals surface area contributed by atoms with E-state index in [9.17, 15) is 13.6 Å². The predicted molar refractivity (Wildman–Crippen MR) is 107 cm³/mol. The highest BCUT2D eigenvalue weighted by molar-refractivity contribution is 9.10. The van der Waals surface area contributed by atoms with Gasteiger partial charge in [0, 0.05) is 23.6 Å². The van der Waals surface area contributed by atoms with Crippen LogP contribution in [0.1, 0.15) is 16.1 Å². The van der Waals surface area contributed by atoms with Crippen molar-refractivity contribution in [1.29, 1.82) is 0 Å². The van der Waals surface area contributed by atoms with Crippen LogP contribution in [0.4, 0.5) is 8.78 Å². The van der Waals surface area contributed by atoms with Gasteiger partial charge < -0.3 is 14.4 Å². The van der Waals surface area contributed by atoms with Crippen LogP contribution >= 0.6 is 15.9 Å². The van der Waals surface area contributed by atoms with Crippen molar-refractivity contribution in [2.24, 2.45) is 0 Å². The molecule has 0 spiro atoms. The second-order valence-electron chi connectivity index (χ2n) is 6.20. The van der Waals surface area contributed by atoms with Crippen molar-refractivity contribution in [3.8, 4) is 22.8 Å². The summed E-state index contributed by atoms with van der Waals surface area (Å²) in [5.41, 5.74) is 2.45. The molecular formula is C20H18BrF2N3O3. The fourth-order valence-corrected chi connectivity index (χ4v) is 3.02.